The van der Waals surface area contributed by atoms with Crippen molar-refractivity contribution in [1.29, 1.82) is 0 Å². The van der Waals surface area contributed by atoms with Crippen molar-refractivity contribution in [2.24, 2.45) is 18.7 Å². The Labute approximate surface area is 195 Å². The fourth-order valence-corrected chi connectivity index (χ4v) is 5.75. The molecule has 10 nitrogen and oxygen atoms in total. The number of rotatable bonds is 8. The maximum atomic E-state index is 13.0. The highest BCUT2D eigenvalue weighted by Gasteiger charge is 2.31. The predicted molar refractivity (Wildman–Crippen MR) is 124 cm³/mol. The van der Waals surface area contributed by atoms with Gasteiger partial charge in [0.1, 0.15) is 10.6 Å². The van der Waals surface area contributed by atoms with Crippen molar-refractivity contribution in [2.75, 3.05) is 26.2 Å². The van der Waals surface area contributed by atoms with Crippen molar-refractivity contribution in [3.63, 3.8) is 0 Å². The average molecular weight is 479 g/mol. The van der Waals surface area contributed by atoms with Gasteiger partial charge in [0.05, 0.1) is 5.69 Å². The lowest BCUT2D eigenvalue weighted by Gasteiger charge is -2.34. The van der Waals surface area contributed by atoms with Crippen LogP contribution in [0.3, 0.4) is 0 Å². The van der Waals surface area contributed by atoms with E-state index in [1.165, 1.54) is 21.1 Å². The van der Waals surface area contributed by atoms with Gasteiger partial charge in [-0.1, -0.05) is 13.8 Å². The molecule has 2 aromatic rings. The van der Waals surface area contributed by atoms with Crippen LogP contribution in [0.15, 0.2) is 17.2 Å². The van der Waals surface area contributed by atoms with E-state index in [-0.39, 0.29) is 29.6 Å². The first-order chi connectivity index (χ1) is 15.4. The molecule has 2 N–H and O–H groups in total. The maximum Gasteiger partial charge on any atom is 0.265 e. The standard InChI is InChI=1S/C22H34N6O4S/c1-15(2)13-28-17(4)19(16(3)24-28)6-7-21(29)26-8-10-27(11-9-26)33(31,32)18-12-20(22(23)30)25(5)14-18/h12,14-15H,6-11,13H2,1-5H3,(H2,23,30). The zero-order chi connectivity index (χ0) is 24.5. The normalized spacial score (nSPS) is 15.4. The first-order valence-corrected chi connectivity index (χ1v) is 12.6. The lowest BCUT2D eigenvalue weighted by molar-refractivity contribution is -0.132. The molecule has 0 atom stereocenters. The van der Waals surface area contributed by atoms with Gasteiger partial charge in [0, 0.05) is 58.1 Å². The number of aromatic nitrogens is 3. The summed E-state index contributed by atoms with van der Waals surface area (Å²) < 4.78 is 30.7. The lowest BCUT2D eigenvalue weighted by Crippen LogP contribution is -2.50. The Hall–Kier alpha value is -2.66. The van der Waals surface area contributed by atoms with Crippen LogP contribution in [0, 0.1) is 19.8 Å². The number of piperazine rings is 1. The van der Waals surface area contributed by atoms with E-state index >= 15 is 0 Å². The first kappa shape index (κ1) is 25.0. The summed E-state index contributed by atoms with van der Waals surface area (Å²) in [5.74, 6) is -0.184. The number of sulfonamides is 1. The molecule has 182 valence electrons. The zero-order valence-electron chi connectivity index (χ0n) is 20.0. The summed E-state index contributed by atoms with van der Waals surface area (Å²) in [5.41, 5.74) is 8.59. The Morgan fingerprint density at radius 2 is 1.79 bits per heavy atom. The van der Waals surface area contributed by atoms with Gasteiger partial charge in [0.15, 0.2) is 0 Å². The minimum absolute atomic E-state index is 0.0122. The molecule has 3 rings (SSSR count). The fraction of sp³-hybridized carbons (Fsp3) is 0.591. The molecule has 2 aromatic heterocycles. The summed E-state index contributed by atoms with van der Waals surface area (Å²) in [4.78, 5) is 26.0. The van der Waals surface area contributed by atoms with Crippen LogP contribution in [0.5, 0.6) is 0 Å². The molecule has 2 amide bonds. The third kappa shape index (κ3) is 5.30. The zero-order valence-corrected chi connectivity index (χ0v) is 20.9. The minimum Gasteiger partial charge on any atom is -0.364 e. The summed E-state index contributed by atoms with van der Waals surface area (Å²) in [6, 6.07) is 1.29. The Morgan fingerprint density at radius 3 is 2.33 bits per heavy atom. The van der Waals surface area contributed by atoms with E-state index in [9.17, 15) is 18.0 Å². The summed E-state index contributed by atoms with van der Waals surface area (Å²) >= 11 is 0. The first-order valence-electron chi connectivity index (χ1n) is 11.2. The molecule has 0 spiro atoms. The van der Waals surface area contributed by atoms with Crippen LogP contribution >= 0.6 is 0 Å². The summed E-state index contributed by atoms with van der Waals surface area (Å²) in [7, 11) is -2.19. The summed E-state index contributed by atoms with van der Waals surface area (Å²) in [6.07, 6.45) is 2.37. The Morgan fingerprint density at radius 1 is 1.15 bits per heavy atom. The highest BCUT2D eigenvalue weighted by atomic mass is 32.2. The van der Waals surface area contributed by atoms with E-state index in [1.54, 1.807) is 11.9 Å². The molecule has 0 radical (unpaired) electrons. The number of hydrogen-bond acceptors (Lipinski definition) is 5. The molecule has 0 aliphatic carbocycles. The van der Waals surface area contributed by atoms with Gasteiger partial charge in [-0.25, -0.2) is 8.42 Å². The predicted octanol–water partition coefficient (Wildman–Crippen LogP) is 1.06. The summed E-state index contributed by atoms with van der Waals surface area (Å²) in [5, 5.41) is 4.61. The van der Waals surface area contributed by atoms with Crippen molar-refractivity contribution >= 4 is 21.8 Å². The molecular weight excluding hydrogens is 444 g/mol. The van der Waals surface area contributed by atoms with E-state index < -0.39 is 15.9 Å². The third-order valence-electron chi connectivity index (χ3n) is 6.12. The second-order valence-corrected chi connectivity index (χ2v) is 11.0. The van der Waals surface area contributed by atoms with Crippen molar-refractivity contribution < 1.29 is 18.0 Å². The number of primary amides is 1. The largest absolute Gasteiger partial charge is 0.364 e. The van der Waals surface area contributed by atoms with Crippen LogP contribution in [-0.4, -0.2) is 70.0 Å². The third-order valence-corrected chi connectivity index (χ3v) is 7.98. The van der Waals surface area contributed by atoms with E-state index in [0.717, 1.165) is 23.5 Å². The Bertz CT molecular complexity index is 1140. The van der Waals surface area contributed by atoms with Crippen molar-refractivity contribution in [1.82, 2.24) is 23.6 Å². The van der Waals surface area contributed by atoms with Crippen LogP contribution in [0.2, 0.25) is 0 Å². The van der Waals surface area contributed by atoms with E-state index in [1.807, 2.05) is 18.5 Å². The lowest BCUT2D eigenvalue weighted by atomic mass is 10.1. The van der Waals surface area contributed by atoms with Crippen LogP contribution in [-0.2, 0) is 34.8 Å². The van der Waals surface area contributed by atoms with Crippen molar-refractivity contribution in [2.45, 2.75) is 52.0 Å². The van der Waals surface area contributed by atoms with Crippen LogP contribution in [0.4, 0.5) is 0 Å². The van der Waals surface area contributed by atoms with Crippen molar-refractivity contribution in [3.05, 3.63) is 34.9 Å². The van der Waals surface area contributed by atoms with Gasteiger partial charge < -0.3 is 15.2 Å². The second kappa shape index (κ2) is 9.68. The van der Waals surface area contributed by atoms with Gasteiger partial charge in [-0.3, -0.25) is 14.3 Å². The summed E-state index contributed by atoms with van der Waals surface area (Å²) in [6.45, 7) is 10.2. The SMILES string of the molecule is Cc1nn(CC(C)C)c(C)c1CCC(=O)N1CCN(S(=O)(=O)c2cc(C(N)=O)n(C)c2)CC1. The molecule has 1 fully saturated rings. The Balaban J connectivity index is 1.59. The number of amides is 2. The van der Waals surface area contributed by atoms with Gasteiger partial charge in [0.2, 0.25) is 15.9 Å². The molecule has 1 saturated heterocycles. The quantitative estimate of drug-likeness (QED) is 0.608. The highest BCUT2D eigenvalue weighted by molar-refractivity contribution is 7.89. The number of carbonyl (C=O) groups excluding carboxylic acids is 2. The highest BCUT2D eigenvalue weighted by Crippen LogP contribution is 2.21. The molecule has 1 aliphatic rings. The molecule has 1 aliphatic heterocycles. The average Bonchev–Trinajstić information content (AvgIpc) is 3.26. The van der Waals surface area contributed by atoms with Gasteiger partial charge in [-0.05, 0) is 37.8 Å². The monoisotopic (exact) mass is 478 g/mol. The molecule has 11 heteroatoms. The maximum absolute atomic E-state index is 13.0. The van der Waals surface area contributed by atoms with E-state index in [2.05, 4.69) is 18.9 Å². The van der Waals surface area contributed by atoms with Gasteiger partial charge >= 0.3 is 0 Å². The van der Waals surface area contributed by atoms with Crippen molar-refractivity contribution in [3.8, 4) is 0 Å². The molecule has 33 heavy (non-hydrogen) atoms. The van der Waals surface area contributed by atoms with Crippen LogP contribution < -0.4 is 5.73 Å². The van der Waals surface area contributed by atoms with Gasteiger partial charge in [-0.15, -0.1) is 0 Å². The minimum atomic E-state index is -3.76. The molecule has 0 aromatic carbocycles. The van der Waals surface area contributed by atoms with Gasteiger partial charge in [-0.2, -0.15) is 9.40 Å². The van der Waals surface area contributed by atoms with E-state index in [0.29, 0.717) is 31.8 Å². The number of carbonyl (C=O) groups is 2. The smallest absolute Gasteiger partial charge is 0.265 e. The van der Waals surface area contributed by atoms with Crippen LogP contribution in [0.1, 0.15) is 47.7 Å². The fourth-order valence-electron chi connectivity index (χ4n) is 4.26. The molecule has 3 heterocycles. The number of nitrogens with zero attached hydrogens (tertiary/aromatic N) is 5. The Kier molecular flexibility index (Phi) is 7.32. The number of hydrogen-bond donors (Lipinski definition) is 1. The second-order valence-electron chi connectivity index (χ2n) is 9.05. The van der Waals surface area contributed by atoms with E-state index in [4.69, 9.17) is 5.73 Å². The topological polar surface area (TPSA) is 124 Å². The van der Waals surface area contributed by atoms with Gasteiger partial charge in [0.25, 0.3) is 5.91 Å². The number of nitrogens with two attached hydrogens (primary N) is 1. The molecule has 0 saturated carbocycles. The molecule has 0 unspecified atom stereocenters. The molecule has 0 bridgehead atoms. The molecular formula is C22H34N6O4S. The number of aryl methyl sites for hydroxylation is 2. The van der Waals surface area contributed by atoms with Crippen LogP contribution in [0.25, 0.3) is 0 Å².